The van der Waals surface area contributed by atoms with Gasteiger partial charge < -0.3 is 14.4 Å². The molecule has 1 aromatic carbocycles. The molecule has 1 unspecified atom stereocenters. The molecule has 22 heavy (non-hydrogen) atoms. The van der Waals surface area contributed by atoms with Gasteiger partial charge in [-0.05, 0) is 86.9 Å². The number of benzene rings is 1. The van der Waals surface area contributed by atoms with E-state index in [0.717, 1.165) is 30.7 Å². The number of hydrogen-bond acceptors (Lipinski definition) is 3. The van der Waals surface area contributed by atoms with E-state index in [1.54, 1.807) is 4.90 Å². The Morgan fingerprint density at radius 3 is 2.77 bits per heavy atom. The molecule has 0 aromatic heterocycles. The van der Waals surface area contributed by atoms with E-state index in [2.05, 4.69) is 28.7 Å². The molecule has 4 nitrogen and oxygen atoms in total. The third kappa shape index (κ3) is 4.76. The van der Waals surface area contributed by atoms with Gasteiger partial charge in [0.25, 0.3) is 0 Å². The Hall–Kier alpha value is -0.980. The fourth-order valence-corrected chi connectivity index (χ4v) is 3.18. The van der Waals surface area contributed by atoms with Crippen molar-refractivity contribution in [3.63, 3.8) is 0 Å². The fraction of sp³-hybridized carbons (Fsp3) is 0.588. The van der Waals surface area contributed by atoms with Crippen molar-refractivity contribution in [3.05, 3.63) is 27.3 Å². The first-order chi connectivity index (χ1) is 10.3. The highest BCUT2D eigenvalue weighted by Gasteiger charge is 2.32. The summed E-state index contributed by atoms with van der Waals surface area (Å²) in [5, 5.41) is 0. The molecule has 122 valence electrons. The van der Waals surface area contributed by atoms with Crippen molar-refractivity contribution in [2.24, 2.45) is 0 Å². The van der Waals surface area contributed by atoms with Crippen LogP contribution in [0, 0.1) is 10.5 Å². The minimum Gasteiger partial charge on any atom is -0.491 e. The molecule has 5 heteroatoms. The highest BCUT2D eigenvalue weighted by atomic mass is 127. The van der Waals surface area contributed by atoms with Crippen molar-refractivity contribution in [1.29, 1.82) is 0 Å². The minimum atomic E-state index is -0.461. The first-order valence-corrected chi connectivity index (χ1v) is 8.73. The van der Waals surface area contributed by atoms with Crippen molar-refractivity contribution in [3.8, 4) is 5.75 Å². The SMILES string of the molecule is Cc1cc(I)ccc1OCC1CCCN1C(=O)OC(C)(C)C. The van der Waals surface area contributed by atoms with Gasteiger partial charge in [0, 0.05) is 10.1 Å². The van der Waals surface area contributed by atoms with Crippen LogP contribution in [0.25, 0.3) is 0 Å². The lowest BCUT2D eigenvalue weighted by Gasteiger charge is -2.28. The molecule has 1 aliphatic rings. The Labute approximate surface area is 146 Å². The summed E-state index contributed by atoms with van der Waals surface area (Å²) in [5.74, 6) is 0.886. The lowest BCUT2D eigenvalue weighted by atomic mass is 10.2. The number of nitrogens with zero attached hydrogens (tertiary/aromatic N) is 1. The lowest BCUT2D eigenvalue weighted by Crippen LogP contribution is -2.42. The number of aryl methyl sites for hydroxylation is 1. The summed E-state index contributed by atoms with van der Waals surface area (Å²) < 4.78 is 12.6. The maximum Gasteiger partial charge on any atom is 0.410 e. The number of likely N-dealkylation sites (tertiary alicyclic amines) is 1. The normalized spacial score (nSPS) is 18.4. The minimum absolute atomic E-state index is 0.0912. The predicted molar refractivity (Wildman–Crippen MR) is 95.4 cm³/mol. The van der Waals surface area contributed by atoms with E-state index in [-0.39, 0.29) is 12.1 Å². The van der Waals surface area contributed by atoms with Crippen molar-refractivity contribution >= 4 is 28.7 Å². The molecule has 1 atom stereocenters. The molecule has 1 saturated heterocycles. The van der Waals surface area contributed by atoms with Gasteiger partial charge >= 0.3 is 6.09 Å². The van der Waals surface area contributed by atoms with Crippen LogP contribution in [0.2, 0.25) is 0 Å². The summed E-state index contributed by atoms with van der Waals surface area (Å²) in [4.78, 5) is 14.0. The van der Waals surface area contributed by atoms with Gasteiger partial charge in [0.05, 0.1) is 6.04 Å². The zero-order valence-corrected chi connectivity index (χ0v) is 15.8. The Bertz CT molecular complexity index is 539. The topological polar surface area (TPSA) is 38.8 Å². The molecular formula is C17H24INO3. The van der Waals surface area contributed by atoms with Crippen LogP contribution >= 0.6 is 22.6 Å². The Morgan fingerprint density at radius 1 is 1.41 bits per heavy atom. The number of amides is 1. The molecule has 1 heterocycles. The number of halogens is 1. The van der Waals surface area contributed by atoms with Gasteiger partial charge in [-0.15, -0.1) is 0 Å². The smallest absolute Gasteiger partial charge is 0.410 e. The second-order valence-electron chi connectivity index (χ2n) is 6.69. The third-order valence-electron chi connectivity index (χ3n) is 3.57. The zero-order chi connectivity index (χ0) is 16.3. The fourth-order valence-electron chi connectivity index (χ4n) is 2.53. The molecule has 0 aliphatic carbocycles. The van der Waals surface area contributed by atoms with Gasteiger partial charge in [-0.2, -0.15) is 0 Å². The second kappa shape index (κ2) is 7.06. The molecule has 0 spiro atoms. The highest BCUT2D eigenvalue weighted by molar-refractivity contribution is 14.1. The van der Waals surface area contributed by atoms with E-state index >= 15 is 0 Å². The van der Waals surface area contributed by atoms with Crippen LogP contribution in [0.4, 0.5) is 4.79 Å². The average molecular weight is 417 g/mol. The molecule has 1 aliphatic heterocycles. The highest BCUT2D eigenvalue weighted by Crippen LogP contribution is 2.24. The van der Waals surface area contributed by atoms with Crippen LogP contribution in [-0.2, 0) is 4.74 Å². The van der Waals surface area contributed by atoms with Crippen LogP contribution in [0.15, 0.2) is 18.2 Å². The summed E-state index contributed by atoms with van der Waals surface area (Å²) in [6.07, 6.45) is 1.72. The Balaban J connectivity index is 1.95. The standard InChI is InChI=1S/C17H24INO3/c1-12-10-13(18)7-8-15(12)21-11-14-6-5-9-19(14)16(20)22-17(2,3)4/h7-8,10,14H,5-6,9,11H2,1-4H3. The third-order valence-corrected chi connectivity index (χ3v) is 4.24. The molecule has 2 rings (SSSR count). The lowest BCUT2D eigenvalue weighted by molar-refractivity contribution is 0.0187. The summed E-state index contributed by atoms with van der Waals surface area (Å²) in [6, 6.07) is 6.21. The molecule has 0 saturated carbocycles. The maximum absolute atomic E-state index is 12.2. The van der Waals surface area contributed by atoms with E-state index in [0.29, 0.717) is 6.61 Å². The maximum atomic E-state index is 12.2. The van der Waals surface area contributed by atoms with Gasteiger partial charge in [-0.1, -0.05) is 0 Å². The molecule has 0 radical (unpaired) electrons. The summed E-state index contributed by atoms with van der Waals surface area (Å²) in [5.41, 5.74) is 0.659. The molecule has 1 fully saturated rings. The number of rotatable bonds is 3. The van der Waals surface area contributed by atoms with Crippen LogP contribution in [0.5, 0.6) is 5.75 Å². The first-order valence-electron chi connectivity index (χ1n) is 7.65. The van der Waals surface area contributed by atoms with E-state index in [1.165, 1.54) is 3.57 Å². The largest absolute Gasteiger partial charge is 0.491 e. The van der Waals surface area contributed by atoms with Gasteiger partial charge in [-0.3, -0.25) is 0 Å². The number of carbonyl (C=O) groups excluding carboxylic acids is 1. The summed E-state index contributed by atoms with van der Waals surface area (Å²) in [7, 11) is 0. The Kier molecular flexibility index (Phi) is 5.58. The average Bonchev–Trinajstić information content (AvgIpc) is 2.84. The van der Waals surface area contributed by atoms with Gasteiger partial charge in [0.2, 0.25) is 0 Å². The van der Waals surface area contributed by atoms with Crippen molar-refractivity contribution in [2.75, 3.05) is 13.2 Å². The molecule has 1 aromatic rings. The van der Waals surface area contributed by atoms with Gasteiger partial charge in [-0.25, -0.2) is 4.79 Å². The Morgan fingerprint density at radius 2 is 2.14 bits per heavy atom. The van der Waals surface area contributed by atoms with Gasteiger partial charge in [0.15, 0.2) is 0 Å². The van der Waals surface area contributed by atoms with Crippen LogP contribution in [0.1, 0.15) is 39.2 Å². The van der Waals surface area contributed by atoms with Crippen molar-refractivity contribution < 1.29 is 14.3 Å². The predicted octanol–water partition coefficient (Wildman–Crippen LogP) is 4.38. The molecule has 0 bridgehead atoms. The van der Waals surface area contributed by atoms with Crippen LogP contribution < -0.4 is 4.74 Å². The molecule has 0 N–H and O–H groups in total. The molecule has 1 amide bonds. The summed E-state index contributed by atoms with van der Waals surface area (Å²) in [6.45, 7) is 8.97. The van der Waals surface area contributed by atoms with Crippen molar-refractivity contribution in [2.45, 2.75) is 52.2 Å². The number of carbonyl (C=O) groups is 1. The van der Waals surface area contributed by atoms with Gasteiger partial charge in [0.1, 0.15) is 18.0 Å². The van der Waals surface area contributed by atoms with E-state index in [4.69, 9.17) is 9.47 Å². The van der Waals surface area contributed by atoms with E-state index in [9.17, 15) is 4.79 Å². The number of ether oxygens (including phenoxy) is 2. The second-order valence-corrected chi connectivity index (χ2v) is 7.94. The quantitative estimate of drug-likeness (QED) is 0.686. The number of hydrogen-bond donors (Lipinski definition) is 0. The first kappa shape index (κ1) is 17.4. The summed E-state index contributed by atoms with van der Waals surface area (Å²) >= 11 is 2.29. The monoisotopic (exact) mass is 417 g/mol. The van der Waals surface area contributed by atoms with Crippen LogP contribution in [-0.4, -0.2) is 35.8 Å². The van der Waals surface area contributed by atoms with E-state index < -0.39 is 5.60 Å². The molecular weight excluding hydrogens is 393 g/mol. The van der Waals surface area contributed by atoms with Crippen LogP contribution in [0.3, 0.4) is 0 Å². The van der Waals surface area contributed by atoms with E-state index in [1.807, 2.05) is 39.8 Å². The zero-order valence-electron chi connectivity index (χ0n) is 13.7. The van der Waals surface area contributed by atoms with Crippen molar-refractivity contribution in [1.82, 2.24) is 4.90 Å².